The molecular weight excluding hydrogens is 294 g/mol. The Balaban J connectivity index is 1.59. The first-order valence-electron chi connectivity index (χ1n) is 8.15. The Kier molecular flexibility index (Phi) is 4.66. The zero-order chi connectivity index (χ0) is 16.4. The lowest BCUT2D eigenvalue weighted by atomic mass is 10.0. The van der Waals surface area contributed by atoms with Crippen molar-refractivity contribution in [3.63, 3.8) is 0 Å². The molecule has 1 aromatic rings. The van der Waals surface area contributed by atoms with E-state index in [-0.39, 0.29) is 30.2 Å². The second-order valence-electron chi connectivity index (χ2n) is 6.52. The van der Waals surface area contributed by atoms with E-state index in [1.807, 2.05) is 30.3 Å². The Morgan fingerprint density at radius 1 is 1.13 bits per heavy atom. The number of esters is 2. The number of rotatable bonds is 4. The van der Waals surface area contributed by atoms with Crippen molar-refractivity contribution in [1.29, 1.82) is 0 Å². The van der Waals surface area contributed by atoms with Crippen molar-refractivity contribution in [2.75, 3.05) is 7.05 Å². The molecule has 2 aliphatic rings. The van der Waals surface area contributed by atoms with E-state index in [9.17, 15) is 9.59 Å². The van der Waals surface area contributed by atoms with Crippen LogP contribution in [-0.2, 0) is 25.5 Å². The smallest absolute Gasteiger partial charge is 0.310 e. The summed E-state index contributed by atoms with van der Waals surface area (Å²) in [6, 6.07) is 10.1. The molecule has 0 N–H and O–H groups in total. The molecule has 5 heteroatoms. The molecule has 2 aliphatic heterocycles. The molecule has 4 unspecified atom stereocenters. The second-order valence-corrected chi connectivity index (χ2v) is 6.52. The third-order valence-corrected chi connectivity index (χ3v) is 4.88. The maximum absolute atomic E-state index is 12.2. The summed E-state index contributed by atoms with van der Waals surface area (Å²) in [4.78, 5) is 25.6. The van der Waals surface area contributed by atoms with Gasteiger partial charge in [0, 0.05) is 32.2 Å². The number of hydrogen-bond donors (Lipinski definition) is 0. The molecule has 0 spiro atoms. The van der Waals surface area contributed by atoms with Crippen LogP contribution < -0.4 is 0 Å². The van der Waals surface area contributed by atoms with E-state index < -0.39 is 0 Å². The number of hydrogen-bond acceptors (Lipinski definition) is 5. The lowest BCUT2D eigenvalue weighted by Crippen LogP contribution is -2.46. The van der Waals surface area contributed by atoms with Gasteiger partial charge in [-0.3, -0.25) is 14.5 Å². The minimum Gasteiger partial charge on any atom is -0.462 e. The lowest BCUT2D eigenvalue weighted by molar-refractivity contribution is -0.154. The number of benzene rings is 1. The number of nitrogens with zero attached hydrogens (tertiary/aromatic N) is 1. The van der Waals surface area contributed by atoms with Gasteiger partial charge in [-0.05, 0) is 12.6 Å². The third-order valence-electron chi connectivity index (χ3n) is 4.88. The number of carbonyl (C=O) groups excluding carboxylic acids is 2. The largest absolute Gasteiger partial charge is 0.462 e. The topological polar surface area (TPSA) is 55.8 Å². The number of likely N-dealkylation sites (N-methyl/N-ethyl adjacent to an activating group) is 1. The van der Waals surface area contributed by atoms with Crippen LogP contribution in [0.5, 0.6) is 0 Å². The summed E-state index contributed by atoms with van der Waals surface area (Å²) in [5, 5.41) is 0. The molecule has 0 amide bonds. The fraction of sp³-hybridized carbons (Fsp3) is 0.556. The van der Waals surface area contributed by atoms with Crippen LogP contribution in [0, 0.1) is 0 Å². The third kappa shape index (κ3) is 3.72. The summed E-state index contributed by atoms with van der Waals surface area (Å²) in [5.74, 6) is -0.428. The highest BCUT2D eigenvalue weighted by Crippen LogP contribution is 2.37. The Bertz CT molecular complexity index is 574. The van der Waals surface area contributed by atoms with Crippen LogP contribution >= 0.6 is 0 Å². The van der Waals surface area contributed by atoms with Crippen LogP contribution in [0.3, 0.4) is 0 Å². The van der Waals surface area contributed by atoms with Crippen molar-refractivity contribution >= 4 is 11.9 Å². The van der Waals surface area contributed by atoms with Crippen LogP contribution in [0.25, 0.3) is 0 Å². The summed E-state index contributed by atoms with van der Waals surface area (Å²) >= 11 is 0. The molecule has 5 nitrogen and oxygen atoms in total. The molecule has 2 bridgehead atoms. The highest BCUT2D eigenvalue weighted by molar-refractivity contribution is 5.72. The zero-order valence-corrected chi connectivity index (χ0v) is 13.6. The molecule has 2 fully saturated rings. The lowest BCUT2D eigenvalue weighted by Gasteiger charge is -2.36. The Morgan fingerprint density at radius 3 is 2.57 bits per heavy atom. The quantitative estimate of drug-likeness (QED) is 0.794. The summed E-state index contributed by atoms with van der Waals surface area (Å²) < 4.78 is 11.1. The highest BCUT2D eigenvalue weighted by atomic mass is 16.6. The van der Waals surface area contributed by atoms with Crippen LogP contribution in [0.1, 0.15) is 31.7 Å². The molecule has 2 heterocycles. The van der Waals surface area contributed by atoms with E-state index >= 15 is 0 Å². The molecular formula is C18H23NO4. The first-order chi connectivity index (χ1) is 11.0. The molecule has 0 aliphatic carbocycles. The van der Waals surface area contributed by atoms with Gasteiger partial charge in [-0.2, -0.15) is 0 Å². The molecule has 1 aromatic carbocycles. The molecule has 4 atom stereocenters. The zero-order valence-electron chi connectivity index (χ0n) is 13.6. The van der Waals surface area contributed by atoms with Crippen molar-refractivity contribution in [1.82, 2.24) is 4.90 Å². The summed E-state index contributed by atoms with van der Waals surface area (Å²) in [6.45, 7) is 1.44. The van der Waals surface area contributed by atoms with Gasteiger partial charge in [-0.25, -0.2) is 0 Å². The van der Waals surface area contributed by atoms with Crippen molar-refractivity contribution < 1.29 is 19.1 Å². The van der Waals surface area contributed by atoms with Gasteiger partial charge in [0.2, 0.25) is 0 Å². The van der Waals surface area contributed by atoms with Gasteiger partial charge in [0.15, 0.2) is 0 Å². The van der Waals surface area contributed by atoms with Crippen molar-refractivity contribution in [2.45, 2.75) is 56.9 Å². The number of piperidine rings is 1. The van der Waals surface area contributed by atoms with Crippen LogP contribution in [0.4, 0.5) is 0 Å². The summed E-state index contributed by atoms with van der Waals surface area (Å²) in [6.07, 6.45) is 2.50. The van der Waals surface area contributed by atoms with E-state index in [0.29, 0.717) is 12.5 Å². The predicted molar refractivity (Wildman–Crippen MR) is 84.8 cm³/mol. The minimum absolute atomic E-state index is 0.0588. The van der Waals surface area contributed by atoms with Gasteiger partial charge in [0.05, 0.1) is 12.5 Å². The van der Waals surface area contributed by atoms with Crippen LogP contribution in [-0.4, -0.2) is 48.2 Å². The number of fused-ring (bicyclic) bond motifs is 2. The van der Waals surface area contributed by atoms with E-state index in [1.165, 1.54) is 6.92 Å². The standard InChI is InChI=1S/C18H23NO4/c1-12(20)22-15-9-14-10-17(16(11-15)19(14)2)23-18(21)8-13-6-4-3-5-7-13/h3-7,14-17H,8-11H2,1-2H3. The van der Waals surface area contributed by atoms with Gasteiger partial charge < -0.3 is 9.47 Å². The van der Waals surface area contributed by atoms with Crippen LogP contribution in [0.15, 0.2) is 30.3 Å². The molecule has 3 rings (SSSR count). The monoisotopic (exact) mass is 317 g/mol. The number of carbonyl (C=O) groups is 2. The van der Waals surface area contributed by atoms with E-state index in [0.717, 1.165) is 24.8 Å². The molecule has 0 aromatic heterocycles. The molecule has 23 heavy (non-hydrogen) atoms. The van der Waals surface area contributed by atoms with E-state index in [2.05, 4.69) is 11.9 Å². The summed E-state index contributed by atoms with van der Waals surface area (Å²) in [7, 11) is 2.06. The summed E-state index contributed by atoms with van der Waals surface area (Å²) in [5.41, 5.74) is 0.963. The first-order valence-corrected chi connectivity index (χ1v) is 8.15. The SMILES string of the molecule is CC(=O)OC1CC2CC(OC(=O)Cc3ccccc3)C(C1)N2C. The van der Waals surface area contributed by atoms with Gasteiger partial charge in [-0.15, -0.1) is 0 Å². The Morgan fingerprint density at radius 2 is 1.87 bits per heavy atom. The maximum atomic E-state index is 12.2. The average Bonchev–Trinajstić information content (AvgIpc) is 2.67. The second kappa shape index (κ2) is 6.71. The van der Waals surface area contributed by atoms with Crippen molar-refractivity contribution in [3.8, 4) is 0 Å². The fourth-order valence-corrected chi connectivity index (χ4v) is 3.80. The Hall–Kier alpha value is -1.88. The Labute approximate surface area is 136 Å². The predicted octanol–water partition coefficient (Wildman–Crippen LogP) is 1.94. The molecule has 0 radical (unpaired) electrons. The van der Waals surface area contributed by atoms with Gasteiger partial charge in [-0.1, -0.05) is 30.3 Å². The average molecular weight is 317 g/mol. The normalized spacial score (nSPS) is 30.0. The maximum Gasteiger partial charge on any atom is 0.310 e. The van der Waals surface area contributed by atoms with E-state index in [1.54, 1.807) is 0 Å². The molecule has 124 valence electrons. The number of ether oxygens (including phenoxy) is 2. The van der Waals surface area contributed by atoms with E-state index in [4.69, 9.17) is 9.47 Å². The van der Waals surface area contributed by atoms with Crippen molar-refractivity contribution in [2.24, 2.45) is 0 Å². The molecule has 2 saturated heterocycles. The van der Waals surface area contributed by atoms with Crippen LogP contribution in [0.2, 0.25) is 0 Å². The van der Waals surface area contributed by atoms with Gasteiger partial charge in [0.25, 0.3) is 0 Å². The fourth-order valence-electron chi connectivity index (χ4n) is 3.80. The minimum atomic E-state index is -0.239. The first kappa shape index (κ1) is 16.0. The molecule has 0 saturated carbocycles. The van der Waals surface area contributed by atoms with Gasteiger partial charge >= 0.3 is 11.9 Å². The van der Waals surface area contributed by atoms with Crippen molar-refractivity contribution in [3.05, 3.63) is 35.9 Å². The highest BCUT2D eigenvalue weighted by Gasteiger charge is 2.47. The van der Waals surface area contributed by atoms with Gasteiger partial charge in [0.1, 0.15) is 12.2 Å².